The molecular formula is C19H23NO2S. The summed E-state index contributed by atoms with van der Waals surface area (Å²) in [7, 11) is 1.40. The van der Waals surface area contributed by atoms with Crippen molar-refractivity contribution in [2.45, 2.75) is 27.7 Å². The molecule has 0 bridgehead atoms. The van der Waals surface area contributed by atoms with Gasteiger partial charge in [-0.2, -0.15) is 0 Å². The number of rotatable bonds is 2. The Bertz CT molecular complexity index is 736. The summed E-state index contributed by atoms with van der Waals surface area (Å²) in [6.07, 6.45) is 1.77. The predicted octanol–water partition coefficient (Wildman–Crippen LogP) is 5.80. The molecule has 1 heterocycles. The first-order valence-corrected chi connectivity index (χ1v) is 8.67. The first-order valence-electron chi connectivity index (χ1n) is 7.79. The number of carbonyl (C=O) groups excluding carboxylic acids is 1. The summed E-state index contributed by atoms with van der Waals surface area (Å²) in [6, 6.07) is 11.8. The van der Waals surface area contributed by atoms with Crippen LogP contribution in [0.25, 0.3) is 21.2 Å². The van der Waals surface area contributed by atoms with Crippen molar-refractivity contribution in [1.29, 1.82) is 0 Å². The molecule has 0 atom stereocenters. The Balaban J connectivity index is 0.000000615. The van der Waals surface area contributed by atoms with E-state index < -0.39 is 0 Å². The molecule has 0 saturated heterocycles. The van der Waals surface area contributed by atoms with Crippen molar-refractivity contribution in [2.24, 2.45) is 0 Å². The van der Waals surface area contributed by atoms with Crippen molar-refractivity contribution in [3.8, 4) is 10.4 Å². The van der Waals surface area contributed by atoms with Gasteiger partial charge in [0.05, 0.1) is 23.1 Å². The maximum absolute atomic E-state index is 11.9. The van der Waals surface area contributed by atoms with Crippen molar-refractivity contribution in [3.05, 3.63) is 53.7 Å². The monoisotopic (exact) mass is 329 g/mol. The Morgan fingerprint density at radius 3 is 2.17 bits per heavy atom. The predicted molar refractivity (Wildman–Crippen MR) is 99.1 cm³/mol. The molecule has 1 aromatic heterocycles. The lowest BCUT2D eigenvalue weighted by Crippen LogP contribution is -2.03. The summed E-state index contributed by atoms with van der Waals surface area (Å²) >= 11 is 1.51. The van der Waals surface area contributed by atoms with Crippen molar-refractivity contribution in [3.63, 3.8) is 0 Å². The SMILES string of the molecule is CC.CC.COC(=O)c1cc2ccccc2cc1-c1cncs1. The number of aromatic nitrogens is 1. The minimum Gasteiger partial charge on any atom is -0.465 e. The largest absolute Gasteiger partial charge is 0.465 e. The number of ether oxygens (including phenoxy) is 1. The number of hydrogen-bond acceptors (Lipinski definition) is 4. The first kappa shape index (κ1) is 18.8. The summed E-state index contributed by atoms with van der Waals surface area (Å²) < 4.78 is 4.87. The molecule has 2 aromatic carbocycles. The van der Waals surface area contributed by atoms with E-state index in [2.05, 4.69) is 4.98 Å². The van der Waals surface area contributed by atoms with E-state index in [4.69, 9.17) is 4.74 Å². The number of thiazole rings is 1. The third kappa shape index (κ3) is 4.39. The van der Waals surface area contributed by atoms with Gasteiger partial charge in [0.25, 0.3) is 0 Å². The number of carbonyl (C=O) groups is 1. The van der Waals surface area contributed by atoms with Crippen LogP contribution in [0.15, 0.2) is 48.1 Å². The van der Waals surface area contributed by atoms with Crippen LogP contribution in [0.4, 0.5) is 0 Å². The van der Waals surface area contributed by atoms with Crippen LogP contribution in [0.5, 0.6) is 0 Å². The second kappa shape index (κ2) is 9.74. The van der Waals surface area contributed by atoms with Gasteiger partial charge in [0, 0.05) is 11.8 Å². The van der Waals surface area contributed by atoms with Crippen LogP contribution < -0.4 is 0 Å². The lowest BCUT2D eigenvalue weighted by atomic mass is 10.00. The second-order valence-corrected chi connectivity index (χ2v) is 4.99. The van der Waals surface area contributed by atoms with Gasteiger partial charge in [-0.3, -0.25) is 4.98 Å². The van der Waals surface area contributed by atoms with E-state index in [-0.39, 0.29) is 5.97 Å². The molecule has 3 nitrogen and oxygen atoms in total. The smallest absolute Gasteiger partial charge is 0.338 e. The number of esters is 1. The van der Waals surface area contributed by atoms with Crippen molar-refractivity contribution >= 4 is 28.1 Å². The summed E-state index contributed by atoms with van der Waals surface area (Å²) in [5.41, 5.74) is 3.20. The molecule has 0 unspecified atom stereocenters. The van der Waals surface area contributed by atoms with Crippen molar-refractivity contribution in [1.82, 2.24) is 4.98 Å². The second-order valence-electron chi connectivity index (χ2n) is 4.10. The fraction of sp³-hybridized carbons (Fsp3) is 0.263. The summed E-state index contributed by atoms with van der Waals surface area (Å²) in [6.45, 7) is 8.00. The fourth-order valence-electron chi connectivity index (χ4n) is 2.07. The lowest BCUT2D eigenvalue weighted by molar-refractivity contribution is 0.0602. The zero-order valence-electron chi connectivity index (χ0n) is 14.3. The molecule has 3 rings (SSSR count). The molecule has 122 valence electrons. The quantitative estimate of drug-likeness (QED) is 0.558. The molecule has 0 amide bonds. The minimum absolute atomic E-state index is 0.325. The minimum atomic E-state index is -0.325. The molecule has 0 aliphatic rings. The van der Waals surface area contributed by atoms with Crippen LogP contribution >= 0.6 is 11.3 Å². The van der Waals surface area contributed by atoms with E-state index in [0.29, 0.717) is 5.56 Å². The molecule has 0 radical (unpaired) electrons. The van der Waals surface area contributed by atoms with E-state index in [9.17, 15) is 4.79 Å². The summed E-state index contributed by atoms with van der Waals surface area (Å²) in [5.74, 6) is -0.325. The topological polar surface area (TPSA) is 39.2 Å². The molecule has 4 heteroatoms. The van der Waals surface area contributed by atoms with Gasteiger partial charge in [-0.1, -0.05) is 52.0 Å². The summed E-state index contributed by atoms with van der Waals surface area (Å²) in [5, 5.41) is 2.12. The van der Waals surface area contributed by atoms with E-state index in [1.807, 2.05) is 64.1 Å². The molecule has 0 spiro atoms. The molecular weight excluding hydrogens is 306 g/mol. The fourth-order valence-corrected chi connectivity index (χ4v) is 2.72. The maximum atomic E-state index is 11.9. The van der Waals surface area contributed by atoms with Crippen molar-refractivity contribution < 1.29 is 9.53 Å². The van der Waals surface area contributed by atoms with Crippen LogP contribution in [0.3, 0.4) is 0 Å². The van der Waals surface area contributed by atoms with Gasteiger partial charge in [0.2, 0.25) is 0 Å². The van der Waals surface area contributed by atoms with Gasteiger partial charge in [-0.05, 0) is 22.9 Å². The third-order valence-electron chi connectivity index (χ3n) is 2.99. The number of hydrogen-bond donors (Lipinski definition) is 0. The summed E-state index contributed by atoms with van der Waals surface area (Å²) in [4.78, 5) is 17.0. The number of nitrogens with zero attached hydrogens (tertiary/aromatic N) is 1. The van der Waals surface area contributed by atoms with E-state index in [0.717, 1.165) is 21.2 Å². The third-order valence-corrected chi connectivity index (χ3v) is 3.80. The van der Waals surface area contributed by atoms with Gasteiger partial charge >= 0.3 is 5.97 Å². The molecule has 3 aromatic rings. The number of benzene rings is 2. The van der Waals surface area contributed by atoms with E-state index in [1.54, 1.807) is 11.7 Å². The van der Waals surface area contributed by atoms with E-state index in [1.165, 1.54) is 18.4 Å². The molecule has 0 fully saturated rings. The Hall–Kier alpha value is -2.20. The normalized spacial score (nSPS) is 9.26. The molecule has 0 aliphatic heterocycles. The van der Waals surface area contributed by atoms with Crippen LogP contribution in [0, 0.1) is 0 Å². The Morgan fingerprint density at radius 2 is 1.65 bits per heavy atom. The number of methoxy groups -OCH3 is 1. The van der Waals surface area contributed by atoms with Crippen LogP contribution in [-0.2, 0) is 4.74 Å². The Morgan fingerprint density at radius 1 is 1.04 bits per heavy atom. The van der Waals surface area contributed by atoms with Crippen LogP contribution in [0.1, 0.15) is 38.1 Å². The van der Waals surface area contributed by atoms with Gasteiger partial charge in [0.1, 0.15) is 0 Å². The molecule has 0 saturated carbocycles. The maximum Gasteiger partial charge on any atom is 0.338 e. The number of fused-ring (bicyclic) bond motifs is 1. The van der Waals surface area contributed by atoms with Gasteiger partial charge in [0.15, 0.2) is 0 Å². The lowest BCUT2D eigenvalue weighted by Gasteiger charge is -2.08. The highest BCUT2D eigenvalue weighted by Crippen LogP contribution is 2.31. The highest BCUT2D eigenvalue weighted by molar-refractivity contribution is 7.13. The Kier molecular flexibility index (Phi) is 7.98. The molecule has 0 N–H and O–H groups in total. The average molecular weight is 329 g/mol. The van der Waals surface area contributed by atoms with Gasteiger partial charge in [-0.15, -0.1) is 11.3 Å². The van der Waals surface area contributed by atoms with Gasteiger partial charge < -0.3 is 4.74 Å². The van der Waals surface area contributed by atoms with Crippen LogP contribution in [-0.4, -0.2) is 18.1 Å². The Labute approximate surface area is 142 Å². The highest BCUT2D eigenvalue weighted by Gasteiger charge is 2.15. The first-order chi connectivity index (χ1) is 11.3. The van der Waals surface area contributed by atoms with E-state index >= 15 is 0 Å². The zero-order chi connectivity index (χ0) is 17.2. The van der Waals surface area contributed by atoms with Crippen molar-refractivity contribution in [2.75, 3.05) is 7.11 Å². The van der Waals surface area contributed by atoms with Crippen LogP contribution in [0.2, 0.25) is 0 Å². The standard InChI is InChI=1S/C15H11NO2S.2C2H6/c1-18-15(17)13-7-11-5-3-2-4-10(11)6-12(13)14-8-16-9-19-14;2*1-2/h2-9H,1H3;2*1-2H3. The highest BCUT2D eigenvalue weighted by atomic mass is 32.1. The zero-order valence-corrected chi connectivity index (χ0v) is 15.1. The molecule has 23 heavy (non-hydrogen) atoms. The van der Waals surface area contributed by atoms with Gasteiger partial charge in [-0.25, -0.2) is 4.79 Å². The average Bonchev–Trinajstić information content (AvgIpc) is 3.18. The molecule has 0 aliphatic carbocycles.